The summed E-state index contributed by atoms with van der Waals surface area (Å²) in [7, 11) is 1.34. The summed E-state index contributed by atoms with van der Waals surface area (Å²) in [6, 6.07) is 8.10. The first-order valence-electron chi connectivity index (χ1n) is 10.0. The maximum absolute atomic E-state index is 14.5. The first-order valence-corrected chi connectivity index (χ1v) is 10.4. The highest BCUT2D eigenvalue weighted by molar-refractivity contribution is 6.32. The number of ether oxygens (including phenoxy) is 2. The lowest BCUT2D eigenvalue weighted by Crippen LogP contribution is -2.36. The van der Waals surface area contributed by atoms with Gasteiger partial charge in [-0.3, -0.25) is 9.36 Å². The molecular weight excluding hydrogens is 515 g/mol. The first kappa shape index (κ1) is 25.3. The fourth-order valence-corrected chi connectivity index (χ4v) is 4.12. The predicted octanol–water partition coefficient (Wildman–Crippen LogP) is 5.77. The molecule has 0 fully saturated rings. The number of aliphatic carboxylic acids is 1. The molecule has 188 valence electrons. The Morgan fingerprint density at radius 1 is 1.22 bits per heavy atom. The fourth-order valence-electron chi connectivity index (χ4n) is 3.82. The standard InChI is InChI=1S/C22H14ClF5N4O4/c1-29-10-6-7-13-12(8-10)18(11-4-3-5-14(35-2)17(11)23)36-15(9-16(33)34)19-30-31-20(32(13)19)21(24,25)22(26,27)28/h3-8,15,18H,9H2,2H3,(H,33,34)/t15-,18-/m1/s1. The van der Waals surface area contributed by atoms with Gasteiger partial charge >= 0.3 is 18.1 Å². The Kier molecular flexibility index (Phi) is 6.36. The molecule has 14 heteroatoms. The number of methoxy groups -OCH3 is 1. The number of hydrogen-bond acceptors (Lipinski definition) is 5. The molecule has 0 aliphatic carbocycles. The molecule has 4 rings (SSSR count). The van der Waals surface area contributed by atoms with Crippen molar-refractivity contribution in [3.63, 3.8) is 0 Å². The van der Waals surface area contributed by atoms with Crippen molar-refractivity contribution < 1.29 is 41.3 Å². The van der Waals surface area contributed by atoms with Crippen LogP contribution in [0.1, 0.15) is 41.4 Å². The second-order valence-electron chi connectivity index (χ2n) is 7.61. The molecule has 36 heavy (non-hydrogen) atoms. The summed E-state index contributed by atoms with van der Waals surface area (Å²) in [5.74, 6) is -9.06. The maximum atomic E-state index is 14.5. The van der Waals surface area contributed by atoms with E-state index in [9.17, 15) is 31.9 Å². The zero-order valence-electron chi connectivity index (χ0n) is 18.1. The third-order valence-electron chi connectivity index (χ3n) is 5.43. The number of fused-ring (bicyclic) bond motifs is 3. The number of nitrogens with zero attached hydrogens (tertiary/aromatic N) is 4. The Morgan fingerprint density at radius 3 is 2.56 bits per heavy atom. The van der Waals surface area contributed by atoms with Crippen LogP contribution in [0, 0.1) is 6.57 Å². The van der Waals surface area contributed by atoms with Gasteiger partial charge in [-0.05, 0) is 23.8 Å². The van der Waals surface area contributed by atoms with E-state index >= 15 is 0 Å². The van der Waals surface area contributed by atoms with Crippen LogP contribution >= 0.6 is 11.6 Å². The van der Waals surface area contributed by atoms with Crippen molar-refractivity contribution in [2.45, 2.75) is 30.7 Å². The van der Waals surface area contributed by atoms with Gasteiger partial charge in [0.05, 0.1) is 30.8 Å². The average Bonchev–Trinajstić information content (AvgIpc) is 3.22. The van der Waals surface area contributed by atoms with Crippen molar-refractivity contribution in [3.8, 4) is 11.4 Å². The summed E-state index contributed by atoms with van der Waals surface area (Å²) in [5, 5.41) is 16.0. The molecule has 2 heterocycles. The Balaban J connectivity index is 2.07. The molecule has 0 amide bonds. The highest BCUT2D eigenvalue weighted by atomic mass is 35.5. The quantitative estimate of drug-likeness (QED) is 0.334. The largest absolute Gasteiger partial charge is 0.495 e. The van der Waals surface area contributed by atoms with Gasteiger partial charge in [-0.25, -0.2) is 4.85 Å². The van der Waals surface area contributed by atoms with Gasteiger partial charge in [0.1, 0.15) is 18.0 Å². The van der Waals surface area contributed by atoms with Crippen molar-refractivity contribution in [2.75, 3.05) is 7.11 Å². The summed E-state index contributed by atoms with van der Waals surface area (Å²) in [6.45, 7) is 7.32. The van der Waals surface area contributed by atoms with E-state index in [-0.39, 0.29) is 33.3 Å². The summed E-state index contributed by atoms with van der Waals surface area (Å²) in [4.78, 5) is 14.9. The van der Waals surface area contributed by atoms with Crippen molar-refractivity contribution in [3.05, 3.63) is 75.6 Å². The molecule has 8 nitrogen and oxygen atoms in total. The number of alkyl halides is 5. The van der Waals surface area contributed by atoms with Crippen LogP contribution in [0.15, 0.2) is 36.4 Å². The smallest absolute Gasteiger partial charge is 0.461 e. The minimum Gasteiger partial charge on any atom is -0.495 e. The average molecular weight is 529 g/mol. The molecule has 0 spiro atoms. The Bertz CT molecular complexity index is 1390. The first-order chi connectivity index (χ1) is 16.9. The number of hydrogen-bond donors (Lipinski definition) is 1. The fraction of sp³-hybridized carbons (Fsp3) is 0.273. The summed E-state index contributed by atoms with van der Waals surface area (Å²) >= 11 is 6.45. The van der Waals surface area contributed by atoms with E-state index < -0.39 is 48.3 Å². The molecule has 1 aliphatic heterocycles. The normalized spacial score (nSPS) is 17.5. The van der Waals surface area contributed by atoms with E-state index in [0.29, 0.717) is 4.57 Å². The van der Waals surface area contributed by atoms with E-state index in [1.807, 2.05) is 0 Å². The summed E-state index contributed by atoms with van der Waals surface area (Å²) in [5.41, 5.74) is -0.0978. The van der Waals surface area contributed by atoms with Crippen LogP contribution in [-0.4, -0.2) is 39.1 Å². The maximum Gasteiger partial charge on any atom is 0.461 e. The highest BCUT2D eigenvalue weighted by Gasteiger charge is 2.63. The van der Waals surface area contributed by atoms with Crippen molar-refractivity contribution in [1.29, 1.82) is 0 Å². The van der Waals surface area contributed by atoms with Gasteiger partial charge in [-0.1, -0.05) is 29.8 Å². The SMILES string of the molecule is [C-]#[N+]c1ccc2c(c1)[C@@H](c1cccc(OC)c1Cl)O[C@H](CC(=O)O)c1nnc(C(F)(F)C(F)(F)F)n1-2. The minimum atomic E-state index is -6.03. The van der Waals surface area contributed by atoms with Crippen LogP contribution in [0.25, 0.3) is 10.5 Å². The lowest BCUT2D eigenvalue weighted by atomic mass is 9.98. The van der Waals surface area contributed by atoms with Crippen molar-refractivity contribution in [2.24, 2.45) is 0 Å². The van der Waals surface area contributed by atoms with Crippen LogP contribution in [0.3, 0.4) is 0 Å². The molecule has 1 N–H and O–H groups in total. The van der Waals surface area contributed by atoms with Crippen molar-refractivity contribution >= 4 is 23.3 Å². The molecule has 0 bridgehead atoms. The van der Waals surface area contributed by atoms with Crippen molar-refractivity contribution in [1.82, 2.24) is 14.8 Å². The van der Waals surface area contributed by atoms with Gasteiger partial charge < -0.3 is 14.6 Å². The molecule has 0 unspecified atom stereocenters. The van der Waals surface area contributed by atoms with Crippen LogP contribution in [0.4, 0.5) is 27.6 Å². The number of aromatic nitrogens is 3. The summed E-state index contributed by atoms with van der Waals surface area (Å²) < 4.78 is 80.6. The predicted molar refractivity (Wildman–Crippen MR) is 113 cm³/mol. The van der Waals surface area contributed by atoms with Gasteiger partial charge in [-0.2, -0.15) is 22.0 Å². The number of carboxylic acids is 1. The number of rotatable bonds is 5. The number of halogens is 6. The van der Waals surface area contributed by atoms with Gasteiger partial charge in [0.25, 0.3) is 0 Å². The van der Waals surface area contributed by atoms with E-state index in [1.54, 1.807) is 0 Å². The number of carbonyl (C=O) groups is 1. The molecule has 0 radical (unpaired) electrons. The molecule has 1 aliphatic rings. The molecule has 2 atom stereocenters. The second kappa shape index (κ2) is 9.03. The van der Waals surface area contributed by atoms with Crippen LogP contribution in [0.5, 0.6) is 5.75 Å². The molecular formula is C22H14ClF5N4O4. The molecule has 1 aromatic heterocycles. The minimum absolute atomic E-state index is 0.0109. The van der Waals surface area contributed by atoms with E-state index in [2.05, 4.69) is 15.0 Å². The molecule has 3 aromatic rings. The van der Waals surface area contributed by atoms with Crippen LogP contribution in [-0.2, 0) is 15.5 Å². The third kappa shape index (κ3) is 4.12. The Labute approximate surface area is 204 Å². The second-order valence-corrected chi connectivity index (χ2v) is 7.99. The lowest BCUT2D eigenvalue weighted by molar-refractivity contribution is -0.293. The topological polar surface area (TPSA) is 90.8 Å². The number of benzene rings is 2. The lowest BCUT2D eigenvalue weighted by Gasteiger charge is -2.24. The monoisotopic (exact) mass is 528 g/mol. The molecule has 2 aromatic carbocycles. The third-order valence-corrected chi connectivity index (χ3v) is 5.84. The summed E-state index contributed by atoms with van der Waals surface area (Å²) in [6.07, 6.45) is -9.80. The zero-order valence-corrected chi connectivity index (χ0v) is 18.8. The molecule has 0 saturated carbocycles. The van der Waals surface area contributed by atoms with Gasteiger partial charge in [-0.15, -0.1) is 10.2 Å². The Hall–Kier alpha value is -3.76. The van der Waals surface area contributed by atoms with E-state index in [4.69, 9.17) is 27.6 Å². The Morgan fingerprint density at radius 2 is 1.94 bits per heavy atom. The number of carboxylic acid groups (broad SMARTS) is 1. The van der Waals surface area contributed by atoms with Gasteiger partial charge in [0.15, 0.2) is 11.5 Å². The zero-order chi connectivity index (χ0) is 26.4. The highest BCUT2D eigenvalue weighted by Crippen LogP contribution is 2.49. The van der Waals surface area contributed by atoms with Gasteiger partial charge in [0, 0.05) is 5.56 Å². The van der Waals surface area contributed by atoms with Gasteiger partial charge in [0.2, 0.25) is 5.82 Å². The van der Waals surface area contributed by atoms with Crippen LogP contribution < -0.4 is 4.74 Å². The molecule has 0 saturated heterocycles. The van der Waals surface area contributed by atoms with E-state index in [1.165, 1.54) is 37.4 Å². The van der Waals surface area contributed by atoms with E-state index in [0.717, 1.165) is 6.07 Å². The van der Waals surface area contributed by atoms with Crippen LogP contribution in [0.2, 0.25) is 5.02 Å².